The number of aromatic amines is 1. The lowest BCUT2D eigenvalue weighted by Crippen LogP contribution is -2.26. The molecule has 0 saturated carbocycles. The van der Waals surface area contributed by atoms with E-state index in [0.29, 0.717) is 5.92 Å². The monoisotopic (exact) mass is 402 g/mol. The van der Waals surface area contributed by atoms with Crippen LogP contribution in [-0.2, 0) is 11.2 Å². The Hall–Kier alpha value is -2.66. The summed E-state index contributed by atoms with van der Waals surface area (Å²) in [5.41, 5.74) is 7.43. The molecule has 1 fully saturated rings. The third-order valence-electron chi connectivity index (χ3n) is 6.71. The highest BCUT2D eigenvalue weighted by molar-refractivity contribution is 6.10. The Labute approximate surface area is 178 Å². The van der Waals surface area contributed by atoms with E-state index in [9.17, 15) is 0 Å². The van der Waals surface area contributed by atoms with E-state index in [1.54, 1.807) is 13.4 Å². The van der Waals surface area contributed by atoms with E-state index in [1.807, 2.05) is 0 Å². The number of allylic oxidation sites excluding steroid dienone is 3. The van der Waals surface area contributed by atoms with Gasteiger partial charge in [0.05, 0.1) is 13.2 Å². The molecule has 1 aromatic carbocycles. The van der Waals surface area contributed by atoms with Gasteiger partial charge in [0.1, 0.15) is 17.8 Å². The SMILES string of the molecule is CCc1c(C2=C/CCC3N=CN=C3/C(OC)=C\2)[nH]c2ccc(C3CCNCC3)cc12. The number of nitrogens with zero attached hydrogens (tertiary/aromatic N) is 2. The van der Waals surface area contributed by atoms with Crippen molar-refractivity contribution in [3.8, 4) is 0 Å². The number of ether oxygens (including phenoxy) is 1. The van der Waals surface area contributed by atoms with Crippen LogP contribution in [0.4, 0.5) is 0 Å². The summed E-state index contributed by atoms with van der Waals surface area (Å²) in [7, 11) is 1.72. The first-order valence-corrected chi connectivity index (χ1v) is 11.2. The van der Waals surface area contributed by atoms with E-state index in [2.05, 4.69) is 57.6 Å². The molecule has 0 bridgehead atoms. The van der Waals surface area contributed by atoms with E-state index in [0.717, 1.165) is 43.8 Å². The van der Waals surface area contributed by atoms with E-state index < -0.39 is 0 Å². The normalized spacial score (nSPS) is 25.7. The first kappa shape index (κ1) is 19.3. The lowest BCUT2D eigenvalue weighted by molar-refractivity contribution is 0.313. The molecule has 1 aliphatic carbocycles. The molecular formula is C25H30N4O. The van der Waals surface area contributed by atoms with Gasteiger partial charge >= 0.3 is 0 Å². The van der Waals surface area contributed by atoms with E-state index in [4.69, 9.17) is 4.74 Å². The molecule has 1 saturated heterocycles. The average molecular weight is 403 g/mol. The number of aliphatic imine (C=N–C) groups is 2. The van der Waals surface area contributed by atoms with Crippen LogP contribution >= 0.6 is 0 Å². The zero-order chi connectivity index (χ0) is 20.5. The Morgan fingerprint density at radius 1 is 1.17 bits per heavy atom. The second-order valence-electron chi connectivity index (χ2n) is 8.41. The second kappa shape index (κ2) is 8.23. The molecule has 5 rings (SSSR count). The van der Waals surface area contributed by atoms with Crippen molar-refractivity contribution in [2.24, 2.45) is 9.98 Å². The Morgan fingerprint density at radius 2 is 2.03 bits per heavy atom. The molecule has 0 amide bonds. The van der Waals surface area contributed by atoms with Gasteiger partial charge in [0, 0.05) is 16.6 Å². The van der Waals surface area contributed by atoms with Gasteiger partial charge in [0.15, 0.2) is 0 Å². The molecule has 156 valence electrons. The van der Waals surface area contributed by atoms with E-state index >= 15 is 0 Å². The minimum atomic E-state index is 0.120. The summed E-state index contributed by atoms with van der Waals surface area (Å²) in [6.45, 7) is 4.49. The van der Waals surface area contributed by atoms with Crippen molar-refractivity contribution < 1.29 is 4.74 Å². The minimum absolute atomic E-state index is 0.120. The summed E-state index contributed by atoms with van der Waals surface area (Å²) in [4.78, 5) is 12.7. The molecule has 5 heteroatoms. The number of piperidine rings is 1. The summed E-state index contributed by atoms with van der Waals surface area (Å²) >= 11 is 0. The second-order valence-corrected chi connectivity index (χ2v) is 8.41. The van der Waals surface area contributed by atoms with Crippen molar-refractivity contribution in [2.75, 3.05) is 20.2 Å². The Kier molecular flexibility index (Phi) is 5.30. The van der Waals surface area contributed by atoms with Gasteiger partial charge in [-0.3, -0.25) is 4.99 Å². The predicted molar refractivity (Wildman–Crippen MR) is 125 cm³/mol. The van der Waals surface area contributed by atoms with E-state index in [1.165, 1.54) is 46.1 Å². The number of rotatable bonds is 4. The fourth-order valence-corrected chi connectivity index (χ4v) is 5.07. The van der Waals surface area contributed by atoms with Gasteiger partial charge in [0.2, 0.25) is 0 Å². The number of fused-ring (bicyclic) bond motifs is 2. The number of methoxy groups -OCH3 is 1. The largest absolute Gasteiger partial charge is 0.495 e. The van der Waals surface area contributed by atoms with Crippen LogP contribution in [0.3, 0.4) is 0 Å². The summed E-state index contributed by atoms with van der Waals surface area (Å²) in [5.74, 6) is 1.48. The molecule has 1 aromatic heterocycles. The number of aromatic nitrogens is 1. The molecule has 2 aromatic rings. The van der Waals surface area contributed by atoms with Gasteiger partial charge in [-0.05, 0) is 86.0 Å². The number of hydrogen-bond donors (Lipinski definition) is 2. The fraction of sp³-hybridized carbons (Fsp3) is 0.440. The Balaban J connectivity index is 1.57. The van der Waals surface area contributed by atoms with Crippen LogP contribution in [0, 0.1) is 0 Å². The molecular weight excluding hydrogens is 372 g/mol. The summed E-state index contributed by atoms with van der Waals surface area (Å²) in [5, 5.41) is 4.84. The summed E-state index contributed by atoms with van der Waals surface area (Å²) in [6.07, 6.45) is 11.5. The van der Waals surface area contributed by atoms with E-state index in [-0.39, 0.29) is 6.04 Å². The van der Waals surface area contributed by atoms with Crippen LogP contribution in [0.2, 0.25) is 0 Å². The van der Waals surface area contributed by atoms with Crippen molar-refractivity contribution >= 4 is 28.5 Å². The highest BCUT2D eigenvalue weighted by Crippen LogP contribution is 2.35. The van der Waals surface area contributed by atoms with Gasteiger partial charge in [-0.15, -0.1) is 0 Å². The molecule has 3 aliphatic rings. The quantitative estimate of drug-likeness (QED) is 0.775. The van der Waals surface area contributed by atoms with Crippen LogP contribution in [0.1, 0.15) is 55.3 Å². The van der Waals surface area contributed by atoms with Crippen molar-refractivity contribution in [1.29, 1.82) is 0 Å². The van der Waals surface area contributed by atoms with Gasteiger partial charge in [-0.25, -0.2) is 4.99 Å². The molecule has 0 radical (unpaired) electrons. The smallest absolute Gasteiger partial charge is 0.143 e. The Bertz CT molecular complexity index is 1070. The fourth-order valence-electron chi connectivity index (χ4n) is 5.07. The highest BCUT2D eigenvalue weighted by Gasteiger charge is 2.25. The lowest BCUT2D eigenvalue weighted by atomic mass is 9.89. The first-order valence-electron chi connectivity index (χ1n) is 11.2. The van der Waals surface area contributed by atoms with Gasteiger partial charge in [0.25, 0.3) is 0 Å². The third kappa shape index (κ3) is 3.41. The maximum atomic E-state index is 5.73. The Morgan fingerprint density at radius 3 is 2.83 bits per heavy atom. The molecule has 1 unspecified atom stereocenters. The third-order valence-corrected chi connectivity index (χ3v) is 6.71. The number of hydrogen-bond acceptors (Lipinski definition) is 4. The van der Waals surface area contributed by atoms with Crippen molar-refractivity contribution in [3.05, 3.63) is 52.9 Å². The standard InChI is InChI=1S/C25H30N4O/c1-3-19-20-13-17(16-9-11-26-12-10-16)7-8-21(20)29-24(19)18-5-4-6-22-25(28-15-27-22)23(14-18)30-2/h5,7-8,13-16,22,26,29H,3-4,6,9-12H2,1-2H3/b18-5+,23-14+. The molecule has 5 nitrogen and oxygen atoms in total. The zero-order valence-corrected chi connectivity index (χ0v) is 17.9. The van der Waals surface area contributed by atoms with Crippen LogP contribution in [0.5, 0.6) is 0 Å². The molecule has 2 aliphatic heterocycles. The predicted octanol–water partition coefficient (Wildman–Crippen LogP) is 4.76. The number of H-pyrrole nitrogens is 1. The van der Waals surface area contributed by atoms with Crippen LogP contribution in [-0.4, -0.2) is 43.3 Å². The maximum Gasteiger partial charge on any atom is 0.143 e. The van der Waals surface area contributed by atoms with Crippen LogP contribution in [0.15, 0.2) is 46.1 Å². The van der Waals surface area contributed by atoms with Crippen LogP contribution < -0.4 is 5.32 Å². The molecule has 3 heterocycles. The number of benzene rings is 1. The molecule has 30 heavy (non-hydrogen) atoms. The van der Waals surface area contributed by atoms with Gasteiger partial charge in [-0.1, -0.05) is 19.1 Å². The topological polar surface area (TPSA) is 61.8 Å². The lowest BCUT2D eigenvalue weighted by Gasteiger charge is -2.23. The van der Waals surface area contributed by atoms with Gasteiger partial charge in [-0.2, -0.15) is 0 Å². The van der Waals surface area contributed by atoms with Gasteiger partial charge < -0.3 is 15.0 Å². The number of nitrogens with one attached hydrogen (secondary N) is 2. The zero-order valence-electron chi connectivity index (χ0n) is 17.9. The first-order chi connectivity index (χ1) is 14.8. The van der Waals surface area contributed by atoms with Crippen molar-refractivity contribution in [3.63, 3.8) is 0 Å². The van der Waals surface area contributed by atoms with Crippen LogP contribution in [0.25, 0.3) is 16.5 Å². The maximum absolute atomic E-state index is 5.73. The highest BCUT2D eigenvalue weighted by atomic mass is 16.5. The minimum Gasteiger partial charge on any atom is -0.495 e. The van der Waals surface area contributed by atoms with Crippen molar-refractivity contribution in [1.82, 2.24) is 10.3 Å². The molecule has 2 N–H and O–H groups in total. The average Bonchev–Trinajstić information content (AvgIpc) is 3.38. The summed E-state index contributed by atoms with van der Waals surface area (Å²) < 4.78 is 5.73. The molecule has 0 spiro atoms. The van der Waals surface area contributed by atoms with Crippen molar-refractivity contribution in [2.45, 2.75) is 51.0 Å². The number of aryl methyl sites for hydroxylation is 1. The molecule has 1 atom stereocenters. The summed E-state index contributed by atoms with van der Waals surface area (Å²) in [6, 6.07) is 7.13.